The number of carboxylic acids is 1. The number of ether oxygens (including phenoxy) is 1. The average Bonchev–Trinajstić information content (AvgIpc) is 2.42. The monoisotopic (exact) mass is 276 g/mol. The van der Waals surface area contributed by atoms with E-state index in [-0.39, 0.29) is 11.4 Å². The highest BCUT2D eigenvalue weighted by Crippen LogP contribution is 2.31. The van der Waals surface area contributed by atoms with Crippen molar-refractivity contribution in [3.63, 3.8) is 0 Å². The fourth-order valence-corrected chi connectivity index (χ4v) is 1.76. The van der Waals surface area contributed by atoms with Gasteiger partial charge in [-0.25, -0.2) is 9.18 Å². The number of methoxy groups -OCH3 is 1. The molecule has 0 saturated carbocycles. The fraction of sp³-hybridized carbons (Fsp3) is 0.0714. The van der Waals surface area contributed by atoms with Gasteiger partial charge in [0.15, 0.2) is 0 Å². The first kappa shape index (κ1) is 13.7. The number of carbonyl (C=O) groups is 1. The van der Waals surface area contributed by atoms with Crippen molar-refractivity contribution >= 4 is 23.0 Å². The van der Waals surface area contributed by atoms with Crippen molar-refractivity contribution in [2.75, 3.05) is 18.2 Å². The molecular formula is C14H13FN2O3. The number of hydrogen-bond donors (Lipinski definition) is 3. The first-order valence-corrected chi connectivity index (χ1v) is 5.75. The predicted molar refractivity (Wildman–Crippen MR) is 74.0 cm³/mol. The first-order chi connectivity index (χ1) is 9.52. The molecule has 0 unspecified atom stereocenters. The van der Waals surface area contributed by atoms with Crippen LogP contribution in [0.15, 0.2) is 36.4 Å². The zero-order chi connectivity index (χ0) is 14.7. The molecular weight excluding hydrogens is 263 g/mol. The van der Waals surface area contributed by atoms with Crippen LogP contribution in [-0.4, -0.2) is 18.2 Å². The third-order valence-electron chi connectivity index (χ3n) is 2.75. The van der Waals surface area contributed by atoms with Gasteiger partial charge >= 0.3 is 5.97 Å². The Labute approximate surface area is 114 Å². The molecule has 5 nitrogen and oxygen atoms in total. The van der Waals surface area contributed by atoms with E-state index in [1.807, 2.05) is 0 Å². The average molecular weight is 276 g/mol. The van der Waals surface area contributed by atoms with Crippen molar-refractivity contribution in [1.29, 1.82) is 0 Å². The lowest BCUT2D eigenvalue weighted by Gasteiger charge is -2.13. The number of nitrogens with one attached hydrogen (secondary N) is 1. The summed E-state index contributed by atoms with van der Waals surface area (Å²) in [5.41, 5.74) is 6.28. The number of anilines is 3. The van der Waals surface area contributed by atoms with Crippen molar-refractivity contribution in [2.24, 2.45) is 0 Å². The minimum absolute atomic E-state index is 0.134. The lowest BCUT2D eigenvalue weighted by atomic mass is 10.1. The highest BCUT2D eigenvalue weighted by Gasteiger charge is 2.14. The Kier molecular flexibility index (Phi) is 3.74. The number of para-hydroxylation sites is 2. The van der Waals surface area contributed by atoms with Gasteiger partial charge < -0.3 is 20.9 Å². The Morgan fingerprint density at radius 2 is 2.00 bits per heavy atom. The molecule has 0 aliphatic carbocycles. The fourth-order valence-electron chi connectivity index (χ4n) is 1.76. The van der Waals surface area contributed by atoms with E-state index in [9.17, 15) is 9.18 Å². The molecule has 104 valence electrons. The summed E-state index contributed by atoms with van der Waals surface area (Å²) in [6, 6.07) is 9.17. The van der Waals surface area contributed by atoms with Crippen LogP contribution in [0.25, 0.3) is 0 Å². The molecule has 0 radical (unpaired) electrons. The summed E-state index contributed by atoms with van der Waals surface area (Å²) in [4.78, 5) is 10.8. The van der Waals surface area contributed by atoms with Crippen LogP contribution in [0.2, 0.25) is 0 Å². The molecule has 0 aromatic heterocycles. The summed E-state index contributed by atoms with van der Waals surface area (Å²) < 4.78 is 18.8. The summed E-state index contributed by atoms with van der Waals surface area (Å²) in [5.74, 6) is -1.66. The normalized spacial score (nSPS) is 10.1. The predicted octanol–water partition coefficient (Wildman–Crippen LogP) is 2.86. The molecule has 0 aliphatic rings. The van der Waals surface area contributed by atoms with Crippen LogP contribution in [0.5, 0.6) is 5.75 Å². The van der Waals surface area contributed by atoms with Crippen molar-refractivity contribution in [3.8, 4) is 5.75 Å². The number of halogens is 1. The zero-order valence-corrected chi connectivity index (χ0v) is 10.7. The molecule has 2 aromatic carbocycles. The molecule has 0 spiro atoms. The molecule has 0 saturated heterocycles. The van der Waals surface area contributed by atoms with Gasteiger partial charge in [-0.05, 0) is 18.2 Å². The van der Waals surface area contributed by atoms with E-state index in [4.69, 9.17) is 15.6 Å². The van der Waals surface area contributed by atoms with Crippen molar-refractivity contribution in [2.45, 2.75) is 0 Å². The molecule has 0 bridgehead atoms. The molecule has 4 N–H and O–H groups in total. The number of hydrogen-bond acceptors (Lipinski definition) is 4. The van der Waals surface area contributed by atoms with Gasteiger partial charge in [-0.15, -0.1) is 0 Å². The third-order valence-corrected chi connectivity index (χ3v) is 2.75. The maximum absolute atomic E-state index is 13.7. The van der Waals surface area contributed by atoms with Gasteiger partial charge in [0, 0.05) is 6.07 Å². The standard InChI is InChI=1S/C14H13FN2O3/c1-20-13-5-3-2-4-11(13)17-12-7-9(15)8(14(18)19)6-10(12)16/h2-7,17H,16H2,1H3,(H,18,19). The largest absolute Gasteiger partial charge is 0.495 e. The van der Waals surface area contributed by atoms with E-state index in [2.05, 4.69) is 5.32 Å². The molecule has 0 atom stereocenters. The Balaban J connectivity index is 2.39. The van der Waals surface area contributed by atoms with E-state index in [1.54, 1.807) is 24.3 Å². The Morgan fingerprint density at radius 3 is 2.65 bits per heavy atom. The quantitative estimate of drug-likeness (QED) is 0.748. The number of benzene rings is 2. The maximum Gasteiger partial charge on any atom is 0.338 e. The molecule has 2 rings (SSSR count). The number of carboxylic acid groups (broad SMARTS) is 1. The van der Waals surface area contributed by atoms with E-state index in [1.165, 1.54) is 7.11 Å². The number of nitrogens with two attached hydrogens (primary N) is 1. The molecule has 2 aromatic rings. The van der Waals surface area contributed by atoms with Crippen LogP contribution in [0, 0.1) is 5.82 Å². The minimum Gasteiger partial charge on any atom is -0.495 e. The topological polar surface area (TPSA) is 84.6 Å². The van der Waals surface area contributed by atoms with Crippen LogP contribution in [0.4, 0.5) is 21.5 Å². The highest BCUT2D eigenvalue weighted by molar-refractivity contribution is 5.91. The molecule has 0 amide bonds. The van der Waals surface area contributed by atoms with Gasteiger partial charge in [-0.3, -0.25) is 0 Å². The van der Waals surface area contributed by atoms with Crippen molar-refractivity contribution in [1.82, 2.24) is 0 Å². The summed E-state index contributed by atoms with van der Waals surface area (Å²) in [5, 5.41) is 11.7. The highest BCUT2D eigenvalue weighted by atomic mass is 19.1. The summed E-state index contributed by atoms with van der Waals surface area (Å²) >= 11 is 0. The second-order valence-corrected chi connectivity index (χ2v) is 4.05. The smallest absolute Gasteiger partial charge is 0.338 e. The van der Waals surface area contributed by atoms with E-state index >= 15 is 0 Å². The van der Waals surface area contributed by atoms with Crippen molar-refractivity contribution < 1.29 is 19.0 Å². The van der Waals surface area contributed by atoms with Gasteiger partial charge in [0.2, 0.25) is 0 Å². The maximum atomic E-state index is 13.7. The number of aromatic carboxylic acids is 1. The first-order valence-electron chi connectivity index (χ1n) is 5.75. The van der Waals surface area contributed by atoms with Gasteiger partial charge in [0.1, 0.15) is 11.6 Å². The van der Waals surface area contributed by atoms with Crippen molar-refractivity contribution in [3.05, 3.63) is 47.8 Å². The zero-order valence-electron chi connectivity index (χ0n) is 10.7. The Hall–Kier alpha value is -2.76. The number of rotatable bonds is 4. The van der Waals surface area contributed by atoms with E-state index in [0.29, 0.717) is 11.4 Å². The second-order valence-electron chi connectivity index (χ2n) is 4.05. The summed E-state index contributed by atoms with van der Waals surface area (Å²) in [7, 11) is 1.51. The molecule has 0 heterocycles. The molecule has 0 aliphatic heterocycles. The van der Waals surface area contributed by atoms with Gasteiger partial charge in [-0.1, -0.05) is 12.1 Å². The van der Waals surface area contributed by atoms with E-state index < -0.39 is 17.3 Å². The van der Waals surface area contributed by atoms with Gasteiger partial charge in [0.25, 0.3) is 0 Å². The SMILES string of the molecule is COc1ccccc1Nc1cc(F)c(C(=O)O)cc1N. The third kappa shape index (κ3) is 2.64. The summed E-state index contributed by atoms with van der Waals surface area (Å²) in [6.45, 7) is 0. The molecule has 6 heteroatoms. The van der Waals surface area contributed by atoms with Crippen LogP contribution in [0.3, 0.4) is 0 Å². The number of nitrogen functional groups attached to an aromatic ring is 1. The molecule has 0 fully saturated rings. The minimum atomic E-state index is -1.36. The van der Waals surface area contributed by atoms with Crippen LogP contribution in [0.1, 0.15) is 10.4 Å². The van der Waals surface area contributed by atoms with E-state index in [0.717, 1.165) is 12.1 Å². The van der Waals surface area contributed by atoms with Crippen LogP contribution in [-0.2, 0) is 0 Å². The van der Waals surface area contributed by atoms with Gasteiger partial charge in [0.05, 0.1) is 29.7 Å². The second kappa shape index (κ2) is 5.48. The molecule has 20 heavy (non-hydrogen) atoms. The van der Waals surface area contributed by atoms with Gasteiger partial charge in [-0.2, -0.15) is 0 Å². The lowest BCUT2D eigenvalue weighted by Crippen LogP contribution is -2.05. The summed E-state index contributed by atoms with van der Waals surface area (Å²) in [6.07, 6.45) is 0. The Morgan fingerprint density at radius 1 is 1.30 bits per heavy atom. The van der Waals surface area contributed by atoms with Crippen LogP contribution >= 0.6 is 0 Å². The van der Waals surface area contributed by atoms with Crippen LogP contribution < -0.4 is 15.8 Å². The lowest BCUT2D eigenvalue weighted by molar-refractivity contribution is 0.0692. The Bertz CT molecular complexity index is 659.